The maximum atomic E-state index is 14.8. The minimum Gasteiger partial charge on any atom is -0.447 e. The van der Waals surface area contributed by atoms with Gasteiger partial charge in [-0.3, -0.25) is 39.1 Å². The molecule has 6 rings (SSSR count). The Morgan fingerprint density at radius 2 is 1.64 bits per heavy atom. The number of piperazine rings is 1. The van der Waals surface area contributed by atoms with E-state index in [4.69, 9.17) is 4.42 Å². The topological polar surface area (TPSA) is 129 Å². The molecule has 0 spiro atoms. The van der Waals surface area contributed by atoms with Gasteiger partial charge in [-0.05, 0) is 18.1 Å². The fourth-order valence-corrected chi connectivity index (χ4v) is 5.77. The molecule has 1 aliphatic carbocycles. The van der Waals surface area contributed by atoms with Crippen molar-refractivity contribution < 1.29 is 32.8 Å². The maximum absolute atomic E-state index is 14.8. The number of nitrogens with one attached hydrogen (secondary N) is 2. The molecule has 3 aliphatic rings. The summed E-state index contributed by atoms with van der Waals surface area (Å²) in [5.74, 6) is -3.29. The Morgan fingerprint density at radius 1 is 0.929 bits per heavy atom. The van der Waals surface area contributed by atoms with Gasteiger partial charge in [0.15, 0.2) is 17.3 Å². The Bertz CT molecular complexity index is 1550. The lowest BCUT2D eigenvalue weighted by Gasteiger charge is -2.34. The number of furan rings is 1. The number of halogens is 1. The Labute approximate surface area is 240 Å². The van der Waals surface area contributed by atoms with E-state index >= 15 is 0 Å². The van der Waals surface area contributed by atoms with Crippen LogP contribution < -0.4 is 10.6 Å². The Hall–Kier alpha value is -4.48. The van der Waals surface area contributed by atoms with Crippen LogP contribution in [0.25, 0.3) is 0 Å². The van der Waals surface area contributed by atoms with Crippen molar-refractivity contribution in [3.63, 3.8) is 0 Å². The van der Waals surface area contributed by atoms with E-state index in [0.29, 0.717) is 37.2 Å². The summed E-state index contributed by atoms with van der Waals surface area (Å²) in [6.07, 6.45) is 0.509. The average molecular weight is 573 g/mol. The monoisotopic (exact) mass is 572 g/mol. The van der Waals surface area contributed by atoms with Crippen molar-refractivity contribution in [2.24, 2.45) is 0 Å². The number of carbonyl (C=O) groups is 5. The molecule has 0 radical (unpaired) electrons. The highest BCUT2D eigenvalue weighted by Gasteiger charge is 2.34. The molecule has 2 aromatic carbocycles. The molecule has 3 heterocycles. The first-order chi connectivity index (χ1) is 20.3. The van der Waals surface area contributed by atoms with Gasteiger partial charge in [0, 0.05) is 75.0 Å². The number of amides is 3. The van der Waals surface area contributed by atoms with Crippen molar-refractivity contribution in [2.75, 3.05) is 39.3 Å². The summed E-state index contributed by atoms with van der Waals surface area (Å²) >= 11 is 0. The summed E-state index contributed by atoms with van der Waals surface area (Å²) in [5.41, 5.74) is 1.80. The number of piperidine rings is 1. The van der Waals surface area contributed by atoms with Crippen LogP contribution in [0.4, 0.5) is 4.39 Å². The summed E-state index contributed by atoms with van der Waals surface area (Å²) in [6, 6.07) is 12.8. The zero-order chi connectivity index (χ0) is 29.4. The normalized spacial score (nSPS) is 19.3. The van der Waals surface area contributed by atoms with Crippen LogP contribution in [0.5, 0.6) is 0 Å². The Balaban J connectivity index is 0.966. The Morgan fingerprint density at radius 3 is 2.36 bits per heavy atom. The summed E-state index contributed by atoms with van der Waals surface area (Å²) < 4.78 is 20.4. The smallest absolute Gasteiger partial charge is 0.287 e. The van der Waals surface area contributed by atoms with Crippen LogP contribution in [0.15, 0.2) is 52.9 Å². The molecule has 10 nitrogen and oxygen atoms in total. The van der Waals surface area contributed by atoms with Crippen LogP contribution in [0.1, 0.15) is 72.5 Å². The number of ketones is 2. The summed E-state index contributed by atoms with van der Waals surface area (Å²) in [7, 11) is 0. The van der Waals surface area contributed by atoms with Crippen molar-refractivity contribution in [2.45, 2.75) is 25.3 Å². The summed E-state index contributed by atoms with van der Waals surface area (Å²) in [6.45, 7) is 4.60. The lowest BCUT2D eigenvalue weighted by Crippen LogP contribution is -2.48. The third-order valence-electron chi connectivity index (χ3n) is 8.09. The van der Waals surface area contributed by atoms with Crippen molar-refractivity contribution in [1.82, 2.24) is 20.4 Å². The van der Waals surface area contributed by atoms with E-state index in [1.807, 2.05) is 6.07 Å². The van der Waals surface area contributed by atoms with Gasteiger partial charge in [0.05, 0.1) is 11.5 Å². The number of nitrogens with zero attached hydrogens (tertiary/aromatic N) is 2. The van der Waals surface area contributed by atoms with Crippen molar-refractivity contribution in [3.05, 3.63) is 93.7 Å². The van der Waals surface area contributed by atoms with E-state index in [1.165, 1.54) is 12.1 Å². The van der Waals surface area contributed by atoms with Gasteiger partial charge in [-0.15, -0.1) is 0 Å². The standard InChI is InChI=1S/C31H29FN4O6/c32-24-15-18(5-6-19(24)22-7-8-26(37)34-30(22)40)17-36-13-11-35(12-14-36)10-9-33-31(41)25-16-23-27(38)20-3-1-2-4-21(20)28(39)29(23)42-25/h1-6,15-16,22H,7-14,17H2,(H,33,41)(H,34,37,40). The third-order valence-corrected chi connectivity index (χ3v) is 8.09. The average Bonchev–Trinajstić information content (AvgIpc) is 3.44. The molecule has 3 aromatic rings. The molecule has 216 valence electrons. The molecule has 3 amide bonds. The van der Waals surface area contributed by atoms with E-state index in [0.717, 1.165) is 31.7 Å². The van der Waals surface area contributed by atoms with Crippen LogP contribution in [-0.4, -0.2) is 78.4 Å². The number of rotatable bonds is 7. The molecule has 0 bridgehead atoms. The van der Waals surface area contributed by atoms with E-state index < -0.39 is 29.3 Å². The number of carbonyl (C=O) groups excluding carboxylic acids is 5. The zero-order valence-corrected chi connectivity index (χ0v) is 22.8. The lowest BCUT2D eigenvalue weighted by atomic mass is 9.89. The predicted molar refractivity (Wildman–Crippen MR) is 148 cm³/mol. The molecule has 2 saturated heterocycles. The first kappa shape index (κ1) is 27.7. The molecule has 1 atom stereocenters. The molecule has 2 aliphatic heterocycles. The van der Waals surface area contributed by atoms with Crippen molar-refractivity contribution in [3.8, 4) is 0 Å². The first-order valence-corrected chi connectivity index (χ1v) is 14.0. The SMILES string of the molecule is O=C1CCC(c2ccc(CN3CCN(CCNC(=O)c4cc5c(o4)C(=O)c4ccccc4C5=O)CC3)cc2F)C(=O)N1. The van der Waals surface area contributed by atoms with E-state index in [-0.39, 0.29) is 40.8 Å². The van der Waals surface area contributed by atoms with Gasteiger partial charge in [0.2, 0.25) is 17.6 Å². The van der Waals surface area contributed by atoms with Crippen LogP contribution in [-0.2, 0) is 16.1 Å². The minimum atomic E-state index is -0.652. The van der Waals surface area contributed by atoms with Gasteiger partial charge >= 0.3 is 0 Å². The highest BCUT2D eigenvalue weighted by atomic mass is 19.1. The third kappa shape index (κ3) is 5.40. The number of imide groups is 1. The Kier molecular flexibility index (Phi) is 7.53. The van der Waals surface area contributed by atoms with Crippen LogP contribution in [0, 0.1) is 5.82 Å². The first-order valence-electron chi connectivity index (χ1n) is 14.0. The van der Waals surface area contributed by atoms with Gasteiger partial charge in [0.1, 0.15) is 5.82 Å². The molecule has 2 fully saturated rings. The second-order valence-electron chi connectivity index (χ2n) is 10.8. The summed E-state index contributed by atoms with van der Waals surface area (Å²) in [5, 5.41) is 5.08. The molecule has 1 aromatic heterocycles. The molecule has 0 saturated carbocycles. The fourth-order valence-electron chi connectivity index (χ4n) is 5.77. The van der Waals surface area contributed by atoms with Crippen LogP contribution in [0.2, 0.25) is 0 Å². The van der Waals surface area contributed by atoms with Crippen molar-refractivity contribution >= 4 is 29.3 Å². The largest absolute Gasteiger partial charge is 0.447 e. The molecule has 42 heavy (non-hydrogen) atoms. The second-order valence-corrected chi connectivity index (χ2v) is 10.8. The quantitative estimate of drug-likeness (QED) is 0.323. The van der Waals surface area contributed by atoms with Gasteiger partial charge < -0.3 is 9.73 Å². The number of benzene rings is 2. The molecular weight excluding hydrogens is 543 g/mol. The van der Waals surface area contributed by atoms with Crippen molar-refractivity contribution in [1.29, 1.82) is 0 Å². The fraction of sp³-hybridized carbons (Fsp3) is 0.323. The second kappa shape index (κ2) is 11.4. The molecule has 2 N–H and O–H groups in total. The lowest BCUT2D eigenvalue weighted by molar-refractivity contribution is -0.134. The minimum absolute atomic E-state index is 0.0739. The molecular formula is C31H29FN4O6. The highest BCUT2D eigenvalue weighted by molar-refractivity contribution is 6.27. The summed E-state index contributed by atoms with van der Waals surface area (Å²) in [4.78, 5) is 66.2. The van der Waals surface area contributed by atoms with Gasteiger partial charge in [-0.1, -0.05) is 36.4 Å². The number of fused-ring (bicyclic) bond motifs is 2. The number of hydrogen-bond donors (Lipinski definition) is 2. The van der Waals surface area contributed by atoms with Crippen LogP contribution >= 0.6 is 0 Å². The van der Waals surface area contributed by atoms with Gasteiger partial charge in [-0.2, -0.15) is 0 Å². The van der Waals surface area contributed by atoms with Gasteiger partial charge in [-0.25, -0.2) is 4.39 Å². The van der Waals surface area contributed by atoms with E-state index in [9.17, 15) is 28.4 Å². The van der Waals surface area contributed by atoms with E-state index in [1.54, 1.807) is 30.3 Å². The molecule has 1 unspecified atom stereocenters. The molecule has 11 heteroatoms. The predicted octanol–water partition coefficient (Wildman–Crippen LogP) is 2.26. The highest BCUT2D eigenvalue weighted by Crippen LogP contribution is 2.30. The maximum Gasteiger partial charge on any atom is 0.287 e. The van der Waals surface area contributed by atoms with Gasteiger partial charge in [0.25, 0.3) is 5.91 Å². The number of hydrogen-bond acceptors (Lipinski definition) is 8. The van der Waals surface area contributed by atoms with E-state index in [2.05, 4.69) is 20.4 Å². The zero-order valence-electron chi connectivity index (χ0n) is 22.8. The van der Waals surface area contributed by atoms with Crippen LogP contribution in [0.3, 0.4) is 0 Å².